The van der Waals surface area contributed by atoms with Crippen LogP contribution in [-0.2, 0) is 25.9 Å². The van der Waals surface area contributed by atoms with Crippen molar-refractivity contribution in [2.45, 2.75) is 13.3 Å². The largest absolute Gasteiger partial charge is 1.00 e. The Bertz CT molecular complexity index is 181. The fraction of sp³-hybridized carbons (Fsp3) is 0.222. The third-order valence-electron chi connectivity index (χ3n) is 1.41. The van der Waals surface area contributed by atoms with E-state index in [1.54, 1.807) is 0 Å². The van der Waals surface area contributed by atoms with E-state index in [0.29, 0.717) is 0 Å². The van der Waals surface area contributed by atoms with E-state index in [2.05, 4.69) is 38.1 Å². The van der Waals surface area contributed by atoms with Crippen LogP contribution in [0.3, 0.4) is 0 Å². The second-order valence-corrected chi connectivity index (χ2v) is 2.24. The molecule has 0 bridgehead atoms. The molecule has 0 aliphatic heterocycles. The molecule has 0 aromatic heterocycles. The number of hydrogen-bond acceptors (Lipinski definition) is 0. The maximum atomic E-state index is 3.79. The van der Waals surface area contributed by atoms with E-state index >= 15 is 0 Å². The smallest absolute Gasteiger partial charge is 0 e. The summed E-state index contributed by atoms with van der Waals surface area (Å²) >= 11 is 0. The van der Waals surface area contributed by atoms with Gasteiger partial charge in [-0.1, -0.05) is 29.8 Å². The Balaban J connectivity index is 0. The van der Waals surface area contributed by atoms with Crippen molar-refractivity contribution in [3.63, 3.8) is 0 Å². The molecule has 0 atom stereocenters. The molecule has 0 aliphatic rings. The molecule has 0 heterocycles. The maximum absolute atomic E-state index is 3.79. The Morgan fingerprint density at radius 3 is 2.00 bits per heavy atom. The van der Waals surface area contributed by atoms with Gasteiger partial charge >= 0.3 is 0 Å². The Morgan fingerprint density at radius 1 is 1.18 bits per heavy atom. The van der Waals surface area contributed by atoms with Gasteiger partial charge in [-0.2, -0.15) is 0 Å². The summed E-state index contributed by atoms with van der Waals surface area (Å²) in [5.41, 5.74) is 2.62. The van der Waals surface area contributed by atoms with Crippen molar-refractivity contribution in [2.24, 2.45) is 0 Å². The van der Waals surface area contributed by atoms with Crippen molar-refractivity contribution in [1.29, 1.82) is 0 Å². The quantitative estimate of drug-likeness (QED) is 0.593. The van der Waals surface area contributed by atoms with Crippen LogP contribution in [0.2, 0.25) is 0 Å². The first-order valence-electron chi connectivity index (χ1n) is 3.17. The van der Waals surface area contributed by atoms with Crippen LogP contribution in [0.25, 0.3) is 0 Å². The van der Waals surface area contributed by atoms with Crippen LogP contribution in [0.5, 0.6) is 0 Å². The van der Waals surface area contributed by atoms with Gasteiger partial charge in [0, 0.05) is 19.5 Å². The van der Waals surface area contributed by atoms with Crippen LogP contribution >= 0.6 is 0 Å². The standard InChI is InChI=1S/C9H11.BrH.Zn/c1-3-9-6-4-8(2)5-7-9;;/h4-7H,1,3H2,2H3;1H;/p-1. The summed E-state index contributed by atoms with van der Waals surface area (Å²) in [7, 11) is 0. The van der Waals surface area contributed by atoms with Crippen LogP contribution < -0.4 is 17.0 Å². The van der Waals surface area contributed by atoms with Crippen LogP contribution in [0, 0.1) is 13.8 Å². The van der Waals surface area contributed by atoms with Gasteiger partial charge < -0.3 is 17.0 Å². The van der Waals surface area contributed by atoms with Gasteiger partial charge in [-0.25, -0.2) is 0 Å². The number of halogens is 1. The minimum Gasteiger partial charge on any atom is -1.00 e. The maximum Gasteiger partial charge on any atom is 0 e. The zero-order valence-corrected chi connectivity index (χ0v) is 11.4. The average Bonchev–Trinajstić information content (AvgIpc) is 1.90. The molecular formula is C9H11BrZn-. The monoisotopic (exact) mass is 262 g/mol. The molecule has 1 radical (unpaired) electrons. The first-order chi connectivity index (χ1) is 4.33. The average molecular weight is 264 g/mol. The molecule has 0 amide bonds. The molecular weight excluding hydrogens is 253 g/mol. The van der Waals surface area contributed by atoms with E-state index in [9.17, 15) is 0 Å². The fourth-order valence-electron chi connectivity index (χ4n) is 0.755. The van der Waals surface area contributed by atoms with Crippen molar-refractivity contribution in [1.82, 2.24) is 0 Å². The molecule has 2 heteroatoms. The third kappa shape index (κ3) is 4.71. The normalized spacial score (nSPS) is 7.82. The Kier molecular flexibility index (Phi) is 8.83. The van der Waals surface area contributed by atoms with Crippen molar-refractivity contribution in [3.05, 3.63) is 42.3 Å². The van der Waals surface area contributed by atoms with E-state index in [1.807, 2.05) is 0 Å². The summed E-state index contributed by atoms with van der Waals surface area (Å²) in [5.74, 6) is 0. The van der Waals surface area contributed by atoms with Gasteiger partial charge in [0.2, 0.25) is 0 Å². The zero-order valence-electron chi connectivity index (χ0n) is 6.81. The van der Waals surface area contributed by atoms with Gasteiger partial charge in [0.1, 0.15) is 0 Å². The molecule has 11 heavy (non-hydrogen) atoms. The number of aryl methyl sites for hydroxylation is 1. The van der Waals surface area contributed by atoms with Gasteiger partial charge in [-0.15, -0.1) is 0 Å². The van der Waals surface area contributed by atoms with E-state index in [4.69, 9.17) is 0 Å². The minimum atomic E-state index is 0. The summed E-state index contributed by atoms with van der Waals surface area (Å²) < 4.78 is 0. The van der Waals surface area contributed by atoms with Crippen molar-refractivity contribution in [3.8, 4) is 0 Å². The summed E-state index contributed by atoms with van der Waals surface area (Å²) in [4.78, 5) is 0. The van der Waals surface area contributed by atoms with Crippen LogP contribution in [0.15, 0.2) is 24.3 Å². The topological polar surface area (TPSA) is 0 Å². The number of hydrogen-bond donors (Lipinski definition) is 0. The van der Waals surface area contributed by atoms with Gasteiger partial charge in [-0.05, 0) is 25.8 Å². The Labute approximate surface area is 91.9 Å². The van der Waals surface area contributed by atoms with Gasteiger partial charge in [0.15, 0.2) is 0 Å². The molecule has 0 spiro atoms. The molecule has 0 fully saturated rings. The van der Waals surface area contributed by atoms with Crippen LogP contribution in [0.4, 0.5) is 0 Å². The predicted molar refractivity (Wildman–Crippen MR) is 40.2 cm³/mol. The SMILES string of the molecule is [Br-].[CH2]Cc1ccc(C)cc1.[Zn]. The van der Waals surface area contributed by atoms with Crippen molar-refractivity contribution < 1.29 is 36.5 Å². The van der Waals surface area contributed by atoms with Crippen molar-refractivity contribution >= 4 is 0 Å². The van der Waals surface area contributed by atoms with Crippen LogP contribution in [0.1, 0.15) is 11.1 Å². The fourth-order valence-corrected chi connectivity index (χ4v) is 0.755. The van der Waals surface area contributed by atoms with Gasteiger partial charge in [0.05, 0.1) is 0 Å². The Morgan fingerprint density at radius 2 is 1.64 bits per heavy atom. The molecule has 0 N–H and O–H groups in total. The van der Waals surface area contributed by atoms with E-state index in [1.165, 1.54) is 11.1 Å². The van der Waals surface area contributed by atoms with Crippen molar-refractivity contribution in [2.75, 3.05) is 0 Å². The number of rotatable bonds is 1. The number of benzene rings is 1. The third-order valence-corrected chi connectivity index (χ3v) is 1.41. The summed E-state index contributed by atoms with van der Waals surface area (Å²) in [5, 5.41) is 0. The minimum absolute atomic E-state index is 0. The molecule has 1 aromatic carbocycles. The van der Waals surface area contributed by atoms with Gasteiger partial charge in [0.25, 0.3) is 0 Å². The summed E-state index contributed by atoms with van der Waals surface area (Å²) in [6.45, 7) is 5.88. The molecule has 0 saturated carbocycles. The Hall–Kier alpha value is 0.323. The molecule has 0 aliphatic carbocycles. The van der Waals surface area contributed by atoms with E-state index < -0.39 is 0 Å². The zero-order chi connectivity index (χ0) is 6.69. The first-order valence-corrected chi connectivity index (χ1v) is 3.17. The summed E-state index contributed by atoms with van der Waals surface area (Å²) in [6.07, 6.45) is 0.889. The predicted octanol–water partition coefficient (Wildman–Crippen LogP) is -0.627. The molecule has 0 unspecified atom stereocenters. The van der Waals surface area contributed by atoms with Gasteiger partial charge in [-0.3, -0.25) is 0 Å². The second kappa shape index (κ2) is 7.00. The second-order valence-electron chi connectivity index (χ2n) is 2.24. The molecule has 1 rings (SSSR count). The molecule has 0 nitrogen and oxygen atoms in total. The summed E-state index contributed by atoms with van der Waals surface area (Å²) in [6, 6.07) is 8.45. The van der Waals surface area contributed by atoms with E-state index in [0.717, 1.165) is 6.42 Å². The van der Waals surface area contributed by atoms with Crippen LogP contribution in [-0.4, -0.2) is 0 Å². The first kappa shape index (κ1) is 13.9. The molecule has 0 saturated heterocycles. The molecule has 57 valence electrons. The van der Waals surface area contributed by atoms with E-state index in [-0.39, 0.29) is 36.5 Å². The molecule has 1 aromatic rings.